The predicted octanol–water partition coefficient (Wildman–Crippen LogP) is 5.85. The number of thiophene rings is 1. The lowest BCUT2D eigenvalue weighted by molar-refractivity contribution is 0.635. The Labute approximate surface area is 125 Å². The molecule has 0 bridgehead atoms. The molecule has 1 aromatic carbocycles. The summed E-state index contributed by atoms with van der Waals surface area (Å²) < 4.78 is 0. The number of allylic oxidation sites excluding steroid dienone is 1. The van der Waals surface area contributed by atoms with E-state index in [1.807, 2.05) is 11.3 Å². The van der Waals surface area contributed by atoms with Crippen molar-refractivity contribution in [3.05, 3.63) is 51.2 Å². The van der Waals surface area contributed by atoms with Gasteiger partial charge in [-0.15, -0.1) is 11.3 Å². The highest BCUT2D eigenvalue weighted by Gasteiger charge is 2.27. The Morgan fingerprint density at radius 3 is 2.55 bits per heavy atom. The largest absolute Gasteiger partial charge is 0.140 e. The van der Waals surface area contributed by atoms with Crippen LogP contribution in [0.15, 0.2) is 35.9 Å². The summed E-state index contributed by atoms with van der Waals surface area (Å²) in [5.41, 5.74) is 6.21. The number of benzene rings is 1. The Morgan fingerprint density at radius 1 is 1.05 bits per heavy atom. The number of hydrogen-bond donors (Lipinski definition) is 0. The predicted molar refractivity (Wildman–Crippen MR) is 88.1 cm³/mol. The Kier molecular flexibility index (Phi) is 3.03. The summed E-state index contributed by atoms with van der Waals surface area (Å²) in [6, 6.07) is 10.9. The van der Waals surface area contributed by atoms with Gasteiger partial charge in [0, 0.05) is 9.75 Å². The van der Waals surface area contributed by atoms with E-state index in [9.17, 15) is 0 Å². The molecule has 2 aromatic rings. The Bertz CT molecular complexity index is 655. The van der Waals surface area contributed by atoms with Gasteiger partial charge in [-0.05, 0) is 54.9 Å². The minimum Gasteiger partial charge on any atom is -0.140 e. The lowest BCUT2D eigenvalue weighted by atomic mass is 9.93. The molecule has 0 radical (unpaired) electrons. The standard InChI is InChI=1S/C19H20S/c1-13-19(15-9-3-2-4-10-15)17-11-16(12-18(17)20-13)14-7-5-6-8-14/h2-4,9-10,12,14H,5-8,11H2,1H3. The lowest BCUT2D eigenvalue weighted by Crippen LogP contribution is -1.99. The quantitative estimate of drug-likeness (QED) is 0.647. The van der Waals surface area contributed by atoms with Crippen LogP contribution in [0.25, 0.3) is 17.2 Å². The molecule has 20 heavy (non-hydrogen) atoms. The maximum absolute atomic E-state index is 2.51. The van der Waals surface area contributed by atoms with E-state index < -0.39 is 0 Å². The molecule has 0 spiro atoms. The summed E-state index contributed by atoms with van der Waals surface area (Å²) in [6.07, 6.45) is 9.41. The molecule has 0 unspecified atom stereocenters. The highest BCUT2D eigenvalue weighted by Crippen LogP contribution is 2.45. The maximum Gasteiger partial charge on any atom is 0.0314 e. The first-order chi connectivity index (χ1) is 9.83. The fourth-order valence-electron chi connectivity index (χ4n) is 3.87. The van der Waals surface area contributed by atoms with E-state index in [0.29, 0.717) is 0 Å². The Balaban J connectivity index is 1.72. The monoisotopic (exact) mass is 280 g/mol. The first kappa shape index (κ1) is 12.4. The summed E-state index contributed by atoms with van der Waals surface area (Å²) >= 11 is 1.98. The van der Waals surface area contributed by atoms with Crippen LogP contribution in [0.4, 0.5) is 0 Å². The third kappa shape index (κ3) is 1.96. The fraction of sp³-hybridized carbons (Fsp3) is 0.368. The molecule has 2 aliphatic rings. The molecule has 0 nitrogen and oxygen atoms in total. The average Bonchev–Trinajstić information content (AvgIpc) is 3.14. The van der Waals surface area contributed by atoms with Crippen molar-refractivity contribution in [1.82, 2.24) is 0 Å². The smallest absolute Gasteiger partial charge is 0.0314 e. The van der Waals surface area contributed by atoms with Gasteiger partial charge in [0.05, 0.1) is 0 Å². The molecule has 0 amide bonds. The van der Waals surface area contributed by atoms with Gasteiger partial charge in [-0.1, -0.05) is 48.7 Å². The van der Waals surface area contributed by atoms with Gasteiger partial charge in [0.25, 0.3) is 0 Å². The van der Waals surface area contributed by atoms with Gasteiger partial charge in [0.2, 0.25) is 0 Å². The molecule has 0 atom stereocenters. The zero-order valence-electron chi connectivity index (χ0n) is 12.0. The van der Waals surface area contributed by atoms with E-state index >= 15 is 0 Å². The second-order valence-corrected chi connectivity index (χ2v) is 7.38. The van der Waals surface area contributed by atoms with Crippen LogP contribution < -0.4 is 0 Å². The first-order valence-electron chi connectivity index (χ1n) is 7.71. The van der Waals surface area contributed by atoms with Gasteiger partial charge in [0.1, 0.15) is 0 Å². The van der Waals surface area contributed by atoms with E-state index in [0.717, 1.165) is 5.92 Å². The summed E-state index contributed by atoms with van der Waals surface area (Å²) in [7, 11) is 0. The van der Waals surface area contributed by atoms with Crippen LogP contribution in [0.5, 0.6) is 0 Å². The number of aryl methyl sites for hydroxylation is 1. The Hall–Kier alpha value is -1.34. The summed E-state index contributed by atoms with van der Waals surface area (Å²) in [6.45, 7) is 2.27. The SMILES string of the molecule is Cc1sc2c(c1-c1ccccc1)CC(C1CCCC1)=C2. The molecular formula is C19H20S. The van der Waals surface area contributed by atoms with Gasteiger partial charge in [-0.25, -0.2) is 0 Å². The van der Waals surface area contributed by atoms with Crippen molar-refractivity contribution in [3.63, 3.8) is 0 Å². The summed E-state index contributed by atoms with van der Waals surface area (Å²) in [5.74, 6) is 0.874. The van der Waals surface area contributed by atoms with Crippen LogP contribution in [0.3, 0.4) is 0 Å². The van der Waals surface area contributed by atoms with Crippen LogP contribution in [-0.2, 0) is 6.42 Å². The van der Waals surface area contributed by atoms with Crippen molar-refractivity contribution < 1.29 is 0 Å². The van der Waals surface area contributed by atoms with Gasteiger partial charge >= 0.3 is 0 Å². The van der Waals surface area contributed by atoms with Crippen LogP contribution in [-0.4, -0.2) is 0 Å². The molecular weight excluding hydrogens is 260 g/mol. The normalized spacial score (nSPS) is 18.4. The first-order valence-corrected chi connectivity index (χ1v) is 8.53. The highest BCUT2D eigenvalue weighted by atomic mass is 32.1. The minimum atomic E-state index is 0.874. The van der Waals surface area contributed by atoms with E-state index in [1.165, 1.54) is 53.0 Å². The molecule has 102 valence electrons. The lowest BCUT2D eigenvalue weighted by Gasteiger charge is -2.11. The minimum absolute atomic E-state index is 0.874. The molecule has 1 saturated carbocycles. The maximum atomic E-state index is 2.51. The van der Waals surface area contributed by atoms with Crippen molar-refractivity contribution in [2.24, 2.45) is 5.92 Å². The second-order valence-electron chi connectivity index (χ2n) is 6.12. The summed E-state index contributed by atoms with van der Waals surface area (Å²) in [5, 5.41) is 0. The van der Waals surface area contributed by atoms with Crippen molar-refractivity contribution >= 4 is 17.4 Å². The number of rotatable bonds is 2. The van der Waals surface area contributed by atoms with Crippen LogP contribution in [0.2, 0.25) is 0 Å². The average molecular weight is 280 g/mol. The van der Waals surface area contributed by atoms with Crippen LogP contribution >= 0.6 is 11.3 Å². The number of hydrogen-bond acceptors (Lipinski definition) is 1. The van der Waals surface area contributed by atoms with E-state index in [2.05, 4.69) is 43.3 Å². The van der Waals surface area contributed by atoms with Crippen LogP contribution in [0.1, 0.15) is 41.0 Å². The number of fused-ring (bicyclic) bond motifs is 1. The van der Waals surface area contributed by atoms with Gasteiger partial charge in [-0.3, -0.25) is 0 Å². The second kappa shape index (κ2) is 4.89. The zero-order chi connectivity index (χ0) is 13.5. The molecule has 0 saturated heterocycles. The Morgan fingerprint density at radius 2 is 1.80 bits per heavy atom. The van der Waals surface area contributed by atoms with Crippen molar-refractivity contribution in [2.45, 2.75) is 39.0 Å². The van der Waals surface area contributed by atoms with Gasteiger partial charge in [0.15, 0.2) is 0 Å². The summed E-state index contributed by atoms with van der Waals surface area (Å²) in [4.78, 5) is 3.01. The molecule has 0 aliphatic heterocycles. The molecule has 1 fully saturated rings. The molecule has 1 aromatic heterocycles. The molecule has 1 heterocycles. The fourth-order valence-corrected chi connectivity index (χ4v) is 5.05. The molecule has 2 aliphatic carbocycles. The van der Waals surface area contributed by atoms with E-state index in [1.54, 1.807) is 11.1 Å². The van der Waals surface area contributed by atoms with Crippen molar-refractivity contribution in [2.75, 3.05) is 0 Å². The third-order valence-electron chi connectivity index (χ3n) is 4.85. The van der Waals surface area contributed by atoms with Gasteiger partial charge in [-0.2, -0.15) is 0 Å². The van der Waals surface area contributed by atoms with E-state index in [-0.39, 0.29) is 0 Å². The van der Waals surface area contributed by atoms with E-state index in [4.69, 9.17) is 0 Å². The van der Waals surface area contributed by atoms with Crippen molar-refractivity contribution in [1.29, 1.82) is 0 Å². The third-order valence-corrected chi connectivity index (χ3v) is 5.95. The van der Waals surface area contributed by atoms with Crippen molar-refractivity contribution in [3.8, 4) is 11.1 Å². The molecule has 1 heteroatoms. The molecule has 0 N–H and O–H groups in total. The van der Waals surface area contributed by atoms with Gasteiger partial charge < -0.3 is 0 Å². The highest BCUT2D eigenvalue weighted by molar-refractivity contribution is 7.13. The van der Waals surface area contributed by atoms with Crippen LogP contribution in [0, 0.1) is 12.8 Å². The molecule has 4 rings (SSSR count). The zero-order valence-corrected chi connectivity index (χ0v) is 12.8. The topological polar surface area (TPSA) is 0 Å².